The number of aliphatic hydroxyl groups is 1. The molecular formula is C18H24N2O. The van der Waals surface area contributed by atoms with E-state index in [0.717, 1.165) is 36.9 Å². The largest absolute Gasteiger partial charge is 0.388 e. The molecule has 0 fully saturated rings. The Morgan fingerprint density at radius 2 is 2.10 bits per heavy atom. The molecule has 2 unspecified atom stereocenters. The van der Waals surface area contributed by atoms with Gasteiger partial charge in [0.05, 0.1) is 11.8 Å². The lowest BCUT2D eigenvalue weighted by molar-refractivity contribution is 0.104. The van der Waals surface area contributed by atoms with Crippen LogP contribution in [-0.2, 0) is 12.8 Å². The lowest BCUT2D eigenvalue weighted by atomic mass is 9.89. The van der Waals surface area contributed by atoms with Crippen LogP contribution in [0, 0.1) is 5.92 Å². The predicted molar refractivity (Wildman–Crippen MR) is 84.1 cm³/mol. The zero-order valence-corrected chi connectivity index (χ0v) is 12.9. The van der Waals surface area contributed by atoms with Gasteiger partial charge < -0.3 is 5.11 Å². The van der Waals surface area contributed by atoms with Crippen molar-refractivity contribution in [2.45, 2.75) is 51.7 Å². The fourth-order valence-electron chi connectivity index (χ4n) is 3.27. The van der Waals surface area contributed by atoms with E-state index in [0.29, 0.717) is 6.04 Å². The molecule has 1 aliphatic rings. The highest BCUT2D eigenvalue weighted by Gasteiger charge is 2.26. The van der Waals surface area contributed by atoms with Crippen molar-refractivity contribution in [1.82, 2.24) is 9.78 Å². The predicted octanol–water partition coefficient (Wildman–Crippen LogP) is 3.69. The van der Waals surface area contributed by atoms with Crippen LogP contribution in [0.1, 0.15) is 55.7 Å². The molecule has 3 rings (SSSR count). The van der Waals surface area contributed by atoms with Gasteiger partial charge in [-0.2, -0.15) is 5.10 Å². The summed E-state index contributed by atoms with van der Waals surface area (Å²) in [6.07, 6.45) is 5.80. The molecule has 1 aromatic carbocycles. The van der Waals surface area contributed by atoms with Crippen LogP contribution in [0.5, 0.6) is 0 Å². The van der Waals surface area contributed by atoms with Gasteiger partial charge in [0.25, 0.3) is 0 Å². The highest BCUT2D eigenvalue weighted by Crippen LogP contribution is 2.34. The molecular weight excluding hydrogens is 260 g/mol. The lowest BCUT2D eigenvalue weighted by Crippen LogP contribution is -2.15. The molecule has 3 heteroatoms. The van der Waals surface area contributed by atoms with E-state index in [9.17, 15) is 5.11 Å². The van der Waals surface area contributed by atoms with Gasteiger partial charge >= 0.3 is 0 Å². The van der Waals surface area contributed by atoms with E-state index in [1.54, 1.807) is 0 Å². The van der Waals surface area contributed by atoms with Crippen LogP contribution in [0.15, 0.2) is 36.5 Å². The first kappa shape index (κ1) is 14.3. The third-order valence-electron chi connectivity index (χ3n) is 4.51. The molecule has 1 N–H and O–H groups in total. The molecule has 0 saturated heterocycles. The van der Waals surface area contributed by atoms with Gasteiger partial charge in [0, 0.05) is 12.2 Å². The molecule has 0 bridgehead atoms. The number of aryl methyl sites for hydroxylation is 1. The van der Waals surface area contributed by atoms with Gasteiger partial charge in [0.15, 0.2) is 0 Å². The van der Waals surface area contributed by atoms with E-state index in [1.807, 2.05) is 16.9 Å². The summed E-state index contributed by atoms with van der Waals surface area (Å²) in [6, 6.07) is 10.8. The molecule has 21 heavy (non-hydrogen) atoms. The topological polar surface area (TPSA) is 38.0 Å². The molecule has 1 aromatic heterocycles. The Kier molecular flexibility index (Phi) is 4.11. The van der Waals surface area contributed by atoms with E-state index in [1.165, 1.54) is 5.56 Å². The zero-order valence-electron chi connectivity index (χ0n) is 12.9. The average Bonchev–Trinajstić information content (AvgIpc) is 2.89. The van der Waals surface area contributed by atoms with Crippen LogP contribution in [0.2, 0.25) is 0 Å². The minimum Gasteiger partial charge on any atom is -0.388 e. The summed E-state index contributed by atoms with van der Waals surface area (Å²) in [7, 11) is 0. The van der Waals surface area contributed by atoms with Gasteiger partial charge in [-0.15, -0.1) is 0 Å². The second-order valence-electron chi connectivity index (χ2n) is 6.38. The van der Waals surface area contributed by atoms with E-state index >= 15 is 0 Å². The standard InChI is InChI=1S/C18H24N2O/c1-13(2)20-11-10-16(19-20)12-15-8-5-7-14-6-3-4-9-17(14)18(15)21/h3-4,6,9-11,13,15,18,21H,5,7-8,12H2,1-2H3. The number of hydrogen-bond acceptors (Lipinski definition) is 2. The lowest BCUT2D eigenvalue weighted by Gasteiger charge is -2.21. The van der Waals surface area contributed by atoms with Gasteiger partial charge in [-0.05, 0) is 62.6 Å². The fourth-order valence-corrected chi connectivity index (χ4v) is 3.27. The maximum atomic E-state index is 10.7. The number of benzene rings is 1. The van der Waals surface area contributed by atoms with Crippen LogP contribution >= 0.6 is 0 Å². The molecule has 2 aromatic rings. The summed E-state index contributed by atoms with van der Waals surface area (Å²) >= 11 is 0. The Morgan fingerprint density at radius 3 is 2.86 bits per heavy atom. The van der Waals surface area contributed by atoms with Crippen LogP contribution < -0.4 is 0 Å². The van der Waals surface area contributed by atoms with Crippen LogP contribution in [0.3, 0.4) is 0 Å². The highest BCUT2D eigenvalue weighted by molar-refractivity contribution is 5.31. The maximum absolute atomic E-state index is 10.7. The summed E-state index contributed by atoms with van der Waals surface area (Å²) < 4.78 is 1.99. The summed E-state index contributed by atoms with van der Waals surface area (Å²) in [6.45, 7) is 4.26. The number of aromatic nitrogens is 2. The molecule has 112 valence electrons. The third kappa shape index (κ3) is 3.03. The van der Waals surface area contributed by atoms with Gasteiger partial charge in [-0.3, -0.25) is 4.68 Å². The monoisotopic (exact) mass is 284 g/mol. The first-order valence-corrected chi connectivity index (χ1v) is 7.95. The van der Waals surface area contributed by atoms with E-state index in [2.05, 4.69) is 43.2 Å². The minimum atomic E-state index is -0.368. The quantitative estimate of drug-likeness (QED) is 0.873. The Balaban J connectivity index is 1.79. The summed E-state index contributed by atoms with van der Waals surface area (Å²) in [5, 5.41) is 15.4. The Hall–Kier alpha value is -1.61. The first-order chi connectivity index (χ1) is 10.1. The van der Waals surface area contributed by atoms with Gasteiger partial charge in [-0.25, -0.2) is 0 Å². The Bertz CT molecular complexity index is 603. The van der Waals surface area contributed by atoms with E-state index in [4.69, 9.17) is 0 Å². The van der Waals surface area contributed by atoms with Crippen molar-refractivity contribution >= 4 is 0 Å². The average molecular weight is 284 g/mol. The molecule has 2 atom stereocenters. The second kappa shape index (κ2) is 6.02. The maximum Gasteiger partial charge on any atom is 0.0824 e. The van der Waals surface area contributed by atoms with Crippen molar-refractivity contribution < 1.29 is 5.11 Å². The van der Waals surface area contributed by atoms with Crippen LogP contribution in [0.25, 0.3) is 0 Å². The molecule has 0 saturated carbocycles. The summed E-state index contributed by atoms with van der Waals surface area (Å²) in [4.78, 5) is 0. The van der Waals surface area contributed by atoms with E-state index < -0.39 is 0 Å². The highest BCUT2D eigenvalue weighted by atomic mass is 16.3. The molecule has 0 spiro atoms. The molecule has 1 aliphatic carbocycles. The Morgan fingerprint density at radius 1 is 1.29 bits per heavy atom. The number of aliphatic hydroxyl groups excluding tert-OH is 1. The molecule has 0 amide bonds. The number of rotatable bonds is 3. The third-order valence-corrected chi connectivity index (χ3v) is 4.51. The first-order valence-electron chi connectivity index (χ1n) is 7.95. The zero-order chi connectivity index (χ0) is 14.8. The van der Waals surface area contributed by atoms with Crippen molar-refractivity contribution in [3.63, 3.8) is 0 Å². The summed E-state index contributed by atoms with van der Waals surface area (Å²) in [5.74, 6) is 0.268. The molecule has 3 nitrogen and oxygen atoms in total. The van der Waals surface area contributed by atoms with Gasteiger partial charge in [-0.1, -0.05) is 24.3 Å². The summed E-state index contributed by atoms with van der Waals surface area (Å²) in [5.41, 5.74) is 3.51. The second-order valence-corrected chi connectivity index (χ2v) is 6.38. The van der Waals surface area contributed by atoms with Gasteiger partial charge in [0.1, 0.15) is 0 Å². The van der Waals surface area contributed by atoms with Crippen molar-refractivity contribution in [2.75, 3.05) is 0 Å². The fraction of sp³-hybridized carbons (Fsp3) is 0.500. The molecule has 0 aliphatic heterocycles. The molecule has 0 radical (unpaired) electrons. The van der Waals surface area contributed by atoms with Crippen LogP contribution in [0.4, 0.5) is 0 Å². The van der Waals surface area contributed by atoms with Crippen molar-refractivity contribution in [1.29, 1.82) is 0 Å². The number of fused-ring (bicyclic) bond motifs is 1. The SMILES string of the molecule is CC(C)n1ccc(CC2CCCc3ccccc3C2O)n1. The molecule has 1 heterocycles. The number of hydrogen-bond donors (Lipinski definition) is 1. The van der Waals surface area contributed by atoms with Gasteiger partial charge in [0.2, 0.25) is 0 Å². The van der Waals surface area contributed by atoms with Crippen molar-refractivity contribution in [3.05, 3.63) is 53.3 Å². The smallest absolute Gasteiger partial charge is 0.0824 e. The Labute approximate surface area is 126 Å². The van der Waals surface area contributed by atoms with Crippen LogP contribution in [-0.4, -0.2) is 14.9 Å². The minimum absolute atomic E-state index is 0.268. The van der Waals surface area contributed by atoms with Crippen molar-refractivity contribution in [2.24, 2.45) is 5.92 Å². The van der Waals surface area contributed by atoms with E-state index in [-0.39, 0.29) is 12.0 Å². The number of nitrogens with zero attached hydrogens (tertiary/aromatic N) is 2. The normalized spacial score (nSPS) is 22.1. The van der Waals surface area contributed by atoms with Crippen molar-refractivity contribution in [3.8, 4) is 0 Å².